The van der Waals surface area contributed by atoms with E-state index >= 15 is 0 Å². The summed E-state index contributed by atoms with van der Waals surface area (Å²) < 4.78 is 2.02. The Morgan fingerprint density at radius 3 is 2.38 bits per heavy atom. The molecule has 0 amide bonds. The maximum Gasteiger partial charge on any atom is 0.168 e. The van der Waals surface area contributed by atoms with Crippen LogP contribution in [0.3, 0.4) is 0 Å². The third kappa shape index (κ3) is 3.00. The molecule has 4 aromatic rings. The standard InChI is InChI=1S/C22H21N3O/c1-15(2)18-4-3-5-19(12-18)20-10-11-21-23-24-22(25(21)13-20)17-8-6-16(14-26)7-9-17/h3-13,15,26H,14H2,1-2H3. The summed E-state index contributed by atoms with van der Waals surface area (Å²) in [6.07, 6.45) is 2.09. The molecule has 2 heterocycles. The molecule has 0 spiro atoms. The van der Waals surface area contributed by atoms with E-state index in [1.807, 2.05) is 34.7 Å². The van der Waals surface area contributed by atoms with Gasteiger partial charge in [-0.15, -0.1) is 10.2 Å². The Balaban J connectivity index is 1.80. The molecular weight excluding hydrogens is 322 g/mol. The summed E-state index contributed by atoms with van der Waals surface area (Å²) >= 11 is 0. The molecule has 2 aromatic heterocycles. The lowest BCUT2D eigenvalue weighted by molar-refractivity contribution is 0.282. The smallest absolute Gasteiger partial charge is 0.168 e. The lowest BCUT2D eigenvalue weighted by Crippen LogP contribution is -1.93. The van der Waals surface area contributed by atoms with E-state index in [-0.39, 0.29) is 6.61 Å². The molecule has 0 aliphatic rings. The first-order chi connectivity index (χ1) is 12.7. The number of aliphatic hydroxyl groups is 1. The van der Waals surface area contributed by atoms with Crippen LogP contribution in [0.25, 0.3) is 28.2 Å². The first kappa shape index (κ1) is 16.5. The van der Waals surface area contributed by atoms with Crippen molar-refractivity contribution < 1.29 is 5.11 Å². The summed E-state index contributed by atoms with van der Waals surface area (Å²) in [6, 6.07) is 20.5. The van der Waals surface area contributed by atoms with Crippen LogP contribution in [-0.4, -0.2) is 19.7 Å². The molecule has 0 saturated heterocycles. The zero-order valence-corrected chi connectivity index (χ0v) is 14.9. The van der Waals surface area contributed by atoms with Gasteiger partial charge in [0.15, 0.2) is 11.5 Å². The van der Waals surface area contributed by atoms with Gasteiger partial charge in [-0.3, -0.25) is 4.40 Å². The average Bonchev–Trinajstić information content (AvgIpc) is 3.11. The van der Waals surface area contributed by atoms with Gasteiger partial charge in [0.1, 0.15) is 0 Å². The summed E-state index contributed by atoms with van der Waals surface area (Å²) in [5, 5.41) is 17.9. The zero-order valence-electron chi connectivity index (χ0n) is 14.9. The van der Waals surface area contributed by atoms with Crippen molar-refractivity contribution in [1.29, 1.82) is 0 Å². The van der Waals surface area contributed by atoms with Crippen molar-refractivity contribution in [2.24, 2.45) is 0 Å². The molecule has 0 bridgehead atoms. The second-order valence-corrected chi connectivity index (χ2v) is 6.80. The minimum atomic E-state index is 0.0389. The van der Waals surface area contributed by atoms with E-state index in [4.69, 9.17) is 0 Å². The molecule has 4 nitrogen and oxygen atoms in total. The third-order valence-corrected chi connectivity index (χ3v) is 4.68. The molecule has 4 heteroatoms. The summed E-state index contributed by atoms with van der Waals surface area (Å²) in [5.41, 5.74) is 6.32. The fourth-order valence-corrected chi connectivity index (χ4v) is 3.09. The quantitative estimate of drug-likeness (QED) is 0.585. The molecule has 0 aliphatic heterocycles. The number of aromatic nitrogens is 3. The summed E-state index contributed by atoms with van der Waals surface area (Å²) in [6.45, 7) is 4.45. The van der Waals surface area contributed by atoms with Crippen molar-refractivity contribution in [3.05, 3.63) is 78.0 Å². The number of benzene rings is 2. The fraction of sp³-hybridized carbons (Fsp3) is 0.182. The Bertz CT molecular complexity index is 1050. The van der Waals surface area contributed by atoms with Gasteiger partial charge >= 0.3 is 0 Å². The van der Waals surface area contributed by atoms with E-state index in [1.54, 1.807) is 0 Å². The highest BCUT2D eigenvalue weighted by molar-refractivity contribution is 5.68. The van der Waals surface area contributed by atoms with Crippen LogP contribution >= 0.6 is 0 Å². The second-order valence-electron chi connectivity index (χ2n) is 6.80. The minimum Gasteiger partial charge on any atom is -0.392 e. The van der Waals surface area contributed by atoms with E-state index in [1.165, 1.54) is 11.1 Å². The Labute approximate surface area is 152 Å². The van der Waals surface area contributed by atoms with Crippen molar-refractivity contribution in [2.45, 2.75) is 26.4 Å². The second kappa shape index (κ2) is 6.73. The predicted octanol–water partition coefficient (Wildman–Crippen LogP) is 4.68. The van der Waals surface area contributed by atoms with Gasteiger partial charge in [0.2, 0.25) is 0 Å². The van der Waals surface area contributed by atoms with Crippen LogP contribution in [0.5, 0.6) is 0 Å². The van der Waals surface area contributed by atoms with Crippen molar-refractivity contribution >= 4 is 5.65 Å². The van der Waals surface area contributed by atoms with Gasteiger partial charge in [-0.1, -0.05) is 62.4 Å². The average molecular weight is 343 g/mol. The van der Waals surface area contributed by atoms with E-state index in [0.29, 0.717) is 5.92 Å². The largest absolute Gasteiger partial charge is 0.392 e. The topological polar surface area (TPSA) is 50.4 Å². The van der Waals surface area contributed by atoms with E-state index in [9.17, 15) is 5.11 Å². The maximum absolute atomic E-state index is 9.22. The first-order valence-corrected chi connectivity index (χ1v) is 8.81. The molecule has 0 atom stereocenters. The highest BCUT2D eigenvalue weighted by atomic mass is 16.3. The normalized spacial score (nSPS) is 11.4. The van der Waals surface area contributed by atoms with Gasteiger partial charge in [0.25, 0.3) is 0 Å². The van der Waals surface area contributed by atoms with Gasteiger partial charge in [-0.05, 0) is 40.3 Å². The van der Waals surface area contributed by atoms with Gasteiger partial charge in [-0.2, -0.15) is 0 Å². The first-order valence-electron chi connectivity index (χ1n) is 8.81. The van der Waals surface area contributed by atoms with Crippen LogP contribution in [0.2, 0.25) is 0 Å². The summed E-state index contributed by atoms with van der Waals surface area (Å²) in [4.78, 5) is 0. The highest BCUT2D eigenvalue weighted by Gasteiger charge is 2.10. The number of nitrogens with zero attached hydrogens (tertiary/aromatic N) is 3. The number of aliphatic hydroxyl groups excluding tert-OH is 1. The van der Waals surface area contributed by atoms with Crippen LogP contribution in [0.4, 0.5) is 0 Å². The lowest BCUT2D eigenvalue weighted by Gasteiger charge is -2.09. The van der Waals surface area contributed by atoms with Crippen LogP contribution in [0.15, 0.2) is 66.9 Å². The molecule has 1 N–H and O–H groups in total. The Hall–Kier alpha value is -2.98. The molecule has 4 rings (SSSR count). The van der Waals surface area contributed by atoms with Crippen LogP contribution in [0, 0.1) is 0 Å². The number of hydrogen-bond acceptors (Lipinski definition) is 3. The monoisotopic (exact) mass is 343 g/mol. The molecule has 0 unspecified atom stereocenters. The van der Waals surface area contributed by atoms with Crippen LogP contribution < -0.4 is 0 Å². The molecule has 0 fully saturated rings. The molecule has 0 aliphatic carbocycles. The number of fused-ring (bicyclic) bond motifs is 1. The maximum atomic E-state index is 9.22. The van der Waals surface area contributed by atoms with Crippen molar-refractivity contribution in [2.75, 3.05) is 0 Å². The fourth-order valence-electron chi connectivity index (χ4n) is 3.09. The van der Waals surface area contributed by atoms with Crippen LogP contribution in [-0.2, 0) is 6.61 Å². The summed E-state index contributed by atoms with van der Waals surface area (Å²) in [7, 11) is 0. The third-order valence-electron chi connectivity index (χ3n) is 4.68. The van der Waals surface area contributed by atoms with E-state index in [2.05, 4.69) is 60.6 Å². The Morgan fingerprint density at radius 1 is 0.885 bits per heavy atom. The highest BCUT2D eigenvalue weighted by Crippen LogP contribution is 2.26. The molecule has 0 saturated carbocycles. The van der Waals surface area contributed by atoms with Crippen LogP contribution in [0.1, 0.15) is 30.9 Å². The Morgan fingerprint density at radius 2 is 1.65 bits per heavy atom. The summed E-state index contributed by atoms with van der Waals surface area (Å²) in [5.74, 6) is 1.29. The number of rotatable bonds is 4. The van der Waals surface area contributed by atoms with Gasteiger partial charge in [0.05, 0.1) is 6.61 Å². The lowest BCUT2D eigenvalue weighted by atomic mass is 9.98. The number of pyridine rings is 1. The molecule has 0 radical (unpaired) electrons. The van der Waals surface area contributed by atoms with E-state index < -0.39 is 0 Å². The van der Waals surface area contributed by atoms with Gasteiger partial charge in [0, 0.05) is 11.8 Å². The van der Waals surface area contributed by atoms with Crippen molar-refractivity contribution in [3.63, 3.8) is 0 Å². The van der Waals surface area contributed by atoms with Gasteiger partial charge < -0.3 is 5.11 Å². The van der Waals surface area contributed by atoms with Crippen molar-refractivity contribution in [3.8, 4) is 22.5 Å². The van der Waals surface area contributed by atoms with Gasteiger partial charge in [-0.25, -0.2) is 0 Å². The molecule has 130 valence electrons. The SMILES string of the molecule is CC(C)c1cccc(-c2ccc3nnc(-c4ccc(CO)cc4)n3c2)c1. The Kier molecular flexibility index (Phi) is 4.27. The minimum absolute atomic E-state index is 0.0389. The zero-order chi connectivity index (χ0) is 18.1. The molecular formula is C22H21N3O. The number of hydrogen-bond donors (Lipinski definition) is 1. The van der Waals surface area contributed by atoms with E-state index in [0.717, 1.165) is 28.2 Å². The van der Waals surface area contributed by atoms with Crippen molar-refractivity contribution in [1.82, 2.24) is 14.6 Å². The predicted molar refractivity (Wildman–Crippen MR) is 104 cm³/mol. The molecule has 2 aromatic carbocycles. The molecule has 26 heavy (non-hydrogen) atoms.